The molecule has 218 valence electrons. The molecule has 1 aromatic carbocycles. The van der Waals surface area contributed by atoms with Crippen molar-refractivity contribution in [2.24, 2.45) is 29.1 Å². The number of rotatable bonds is 5. The molecular formula is C31H50FN3O3Si. The zero-order valence-corrected chi connectivity index (χ0v) is 25.9. The maximum Gasteiger partial charge on any atom is 0.321 e. The highest BCUT2D eigenvalue weighted by molar-refractivity contribution is 6.74. The molecule has 5 rings (SSSR count). The fraction of sp³-hybridized carbons (Fsp3) is 0.774. The first kappa shape index (κ1) is 29.0. The third-order valence-corrected chi connectivity index (χ3v) is 15.9. The first-order chi connectivity index (χ1) is 18.4. The van der Waals surface area contributed by atoms with E-state index < -0.39 is 14.1 Å². The standard InChI is InChI=1S/C31H50FN3O3Si/c1-30(2,3)39(5,6)38-19-27-24-18-21-17-22(37-4)11-12-23(21)28(24)31(20-33-27)13-15-35(16-14-31)29(36)34-26-10-8-7-9-25(26)32/h7-10,21-24,27-28,33H,11-20H2,1-6H3,(H,34,36)/t21?,22?,23?,24?,27-,28?/m0/s1. The topological polar surface area (TPSA) is 62.8 Å². The number of methoxy groups -OCH3 is 1. The van der Waals surface area contributed by atoms with Gasteiger partial charge in [-0.1, -0.05) is 32.9 Å². The summed E-state index contributed by atoms with van der Waals surface area (Å²) < 4.78 is 26.8. The van der Waals surface area contributed by atoms with Crippen LogP contribution in [0, 0.1) is 34.9 Å². The van der Waals surface area contributed by atoms with Crippen molar-refractivity contribution < 1.29 is 18.3 Å². The number of likely N-dealkylation sites (tertiary alicyclic amines) is 1. The molecule has 8 heteroatoms. The lowest BCUT2D eigenvalue weighted by molar-refractivity contribution is -0.0452. The summed E-state index contributed by atoms with van der Waals surface area (Å²) in [6.45, 7) is 14.9. The van der Waals surface area contributed by atoms with E-state index in [-0.39, 0.29) is 22.2 Å². The number of hydrogen-bond acceptors (Lipinski definition) is 4. The van der Waals surface area contributed by atoms with E-state index in [0.29, 0.717) is 43.0 Å². The molecule has 2 heterocycles. The number of amides is 2. The Hall–Kier alpha value is -1.48. The van der Waals surface area contributed by atoms with E-state index in [1.807, 2.05) is 12.0 Å². The van der Waals surface area contributed by atoms with Crippen LogP contribution in [0.25, 0.3) is 0 Å². The normalized spacial score (nSPS) is 32.5. The molecule has 2 saturated carbocycles. The Morgan fingerprint density at radius 2 is 1.87 bits per heavy atom. The summed E-state index contributed by atoms with van der Waals surface area (Å²) in [5, 5.41) is 6.99. The molecule has 0 radical (unpaired) electrons. The van der Waals surface area contributed by atoms with Gasteiger partial charge < -0.3 is 24.7 Å². The number of para-hydroxylation sites is 1. The summed E-state index contributed by atoms with van der Waals surface area (Å²) >= 11 is 0. The Balaban J connectivity index is 1.30. The smallest absolute Gasteiger partial charge is 0.321 e. The molecule has 2 amide bonds. The van der Waals surface area contributed by atoms with E-state index in [9.17, 15) is 9.18 Å². The summed E-state index contributed by atoms with van der Waals surface area (Å²) in [6.07, 6.45) is 7.23. The second-order valence-corrected chi connectivity index (χ2v) is 19.1. The van der Waals surface area contributed by atoms with E-state index in [1.165, 1.54) is 25.3 Å². The van der Waals surface area contributed by atoms with Crippen LogP contribution in [0.15, 0.2) is 24.3 Å². The average Bonchev–Trinajstić information content (AvgIpc) is 3.29. The van der Waals surface area contributed by atoms with Crippen LogP contribution >= 0.6 is 0 Å². The molecule has 4 fully saturated rings. The van der Waals surface area contributed by atoms with Crippen molar-refractivity contribution in [2.45, 2.75) is 89.6 Å². The minimum atomic E-state index is -1.83. The summed E-state index contributed by atoms with van der Waals surface area (Å²) in [6, 6.07) is 6.59. The van der Waals surface area contributed by atoms with Crippen molar-refractivity contribution >= 4 is 20.0 Å². The number of nitrogens with one attached hydrogen (secondary N) is 2. The maximum atomic E-state index is 14.1. The predicted octanol–water partition coefficient (Wildman–Crippen LogP) is 6.50. The number of urea groups is 1. The Labute approximate surface area is 235 Å². The number of nitrogens with zero attached hydrogens (tertiary/aromatic N) is 1. The van der Waals surface area contributed by atoms with Crippen molar-refractivity contribution in [3.8, 4) is 0 Å². The molecule has 0 aromatic heterocycles. The molecule has 6 atom stereocenters. The highest BCUT2D eigenvalue weighted by atomic mass is 28.4. The second-order valence-electron chi connectivity index (χ2n) is 14.3. The van der Waals surface area contributed by atoms with Gasteiger partial charge in [0.1, 0.15) is 5.82 Å². The number of piperidine rings is 2. The lowest BCUT2D eigenvalue weighted by Crippen LogP contribution is -2.62. The third kappa shape index (κ3) is 5.68. The number of hydrogen-bond donors (Lipinski definition) is 2. The molecule has 2 saturated heterocycles. The maximum absolute atomic E-state index is 14.1. The van der Waals surface area contributed by atoms with Crippen molar-refractivity contribution in [1.82, 2.24) is 10.2 Å². The molecule has 5 unspecified atom stereocenters. The first-order valence-electron chi connectivity index (χ1n) is 15.1. The first-order valence-corrected chi connectivity index (χ1v) is 18.1. The van der Waals surface area contributed by atoms with Crippen LogP contribution in [0.4, 0.5) is 14.9 Å². The molecule has 1 spiro atoms. The van der Waals surface area contributed by atoms with E-state index >= 15 is 0 Å². The van der Waals surface area contributed by atoms with Gasteiger partial charge in [-0.3, -0.25) is 0 Å². The van der Waals surface area contributed by atoms with Crippen molar-refractivity contribution in [3.05, 3.63) is 30.1 Å². The number of ether oxygens (including phenoxy) is 1. The van der Waals surface area contributed by atoms with Crippen LogP contribution in [-0.2, 0) is 9.16 Å². The van der Waals surface area contributed by atoms with Gasteiger partial charge in [0.15, 0.2) is 8.32 Å². The second kappa shape index (κ2) is 11.1. The number of fused-ring (bicyclic) bond motifs is 4. The molecule has 4 aliphatic rings. The lowest BCUT2D eigenvalue weighted by atomic mass is 9.57. The van der Waals surface area contributed by atoms with Gasteiger partial charge in [-0.05, 0) is 97.9 Å². The van der Waals surface area contributed by atoms with Gasteiger partial charge in [0.05, 0.1) is 11.8 Å². The molecule has 2 aliphatic carbocycles. The van der Waals surface area contributed by atoms with E-state index in [0.717, 1.165) is 38.3 Å². The zero-order valence-electron chi connectivity index (χ0n) is 24.9. The number of carbonyl (C=O) groups is 1. The van der Waals surface area contributed by atoms with Crippen LogP contribution in [0.3, 0.4) is 0 Å². The summed E-state index contributed by atoms with van der Waals surface area (Å²) in [5.74, 6) is 2.32. The monoisotopic (exact) mass is 559 g/mol. The molecule has 2 N–H and O–H groups in total. The Morgan fingerprint density at radius 1 is 1.15 bits per heavy atom. The van der Waals surface area contributed by atoms with Gasteiger partial charge >= 0.3 is 6.03 Å². The molecular weight excluding hydrogens is 509 g/mol. The van der Waals surface area contributed by atoms with Crippen LogP contribution in [0.1, 0.15) is 59.3 Å². The zero-order chi connectivity index (χ0) is 28.0. The lowest BCUT2D eigenvalue weighted by Gasteiger charge is -2.55. The Bertz CT molecular complexity index is 1020. The van der Waals surface area contributed by atoms with Crippen molar-refractivity contribution in [3.63, 3.8) is 0 Å². The highest BCUT2D eigenvalue weighted by Crippen LogP contribution is 2.60. The Morgan fingerprint density at radius 3 is 2.54 bits per heavy atom. The number of carbonyl (C=O) groups excluding carboxylic acids is 1. The molecule has 0 bridgehead atoms. The Kier molecular flexibility index (Phi) is 8.24. The van der Waals surface area contributed by atoms with E-state index in [4.69, 9.17) is 9.16 Å². The van der Waals surface area contributed by atoms with Gasteiger partial charge in [0.2, 0.25) is 0 Å². The highest BCUT2D eigenvalue weighted by Gasteiger charge is 2.59. The predicted molar refractivity (Wildman–Crippen MR) is 157 cm³/mol. The number of halogens is 1. The molecule has 1 aromatic rings. The minimum Gasteiger partial charge on any atom is -0.415 e. The van der Waals surface area contributed by atoms with Gasteiger partial charge in [-0.25, -0.2) is 9.18 Å². The van der Waals surface area contributed by atoms with Crippen molar-refractivity contribution in [1.29, 1.82) is 0 Å². The molecule has 39 heavy (non-hydrogen) atoms. The SMILES string of the molecule is COC1CCC2C(C1)CC1C2C2(CCN(C(=O)Nc3ccccc3F)CC2)CN[C@H]1CO[Si](C)(C)C(C)(C)C. The average molecular weight is 560 g/mol. The summed E-state index contributed by atoms with van der Waals surface area (Å²) in [7, 11) is 0.0372. The van der Waals surface area contributed by atoms with Crippen LogP contribution < -0.4 is 10.6 Å². The molecule has 2 aliphatic heterocycles. The van der Waals surface area contributed by atoms with Crippen LogP contribution in [0.2, 0.25) is 18.1 Å². The summed E-state index contributed by atoms with van der Waals surface area (Å²) in [4.78, 5) is 14.9. The molecule has 6 nitrogen and oxygen atoms in total. The van der Waals surface area contributed by atoms with Gasteiger partial charge in [0.25, 0.3) is 0 Å². The van der Waals surface area contributed by atoms with Gasteiger partial charge in [-0.15, -0.1) is 0 Å². The largest absolute Gasteiger partial charge is 0.415 e. The van der Waals surface area contributed by atoms with Crippen LogP contribution in [-0.4, -0.2) is 64.7 Å². The fourth-order valence-corrected chi connectivity index (χ4v) is 9.09. The van der Waals surface area contributed by atoms with Crippen LogP contribution in [0.5, 0.6) is 0 Å². The van der Waals surface area contributed by atoms with E-state index in [1.54, 1.807) is 18.2 Å². The van der Waals surface area contributed by atoms with E-state index in [2.05, 4.69) is 44.5 Å². The number of benzene rings is 1. The fourth-order valence-electron chi connectivity index (χ4n) is 8.06. The number of anilines is 1. The van der Waals surface area contributed by atoms with Gasteiger partial charge in [0, 0.05) is 39.4 Å². The minimum absolute atomic E-state index is 0.194. The van der Waals surface area contributed by atoms with Gasteiger partial charge in [-0.2, -0.15) is 0 Å². The third-order valence-electron chi connectivity index (χ3n) is 11.4. The summed E-state index contributed by atoms with van der Waals surface area (Å²) in [5.41, 5.74) is 0.451. The van der Waals surface area contributed by atoms with Crippen molar-refractivity contribution in [2.75, 3.05) is 38.7 Å². The quantitative estimate of drug-likeness (QED) is 0.404.